The van der Waals surface area contributed by atoms with Gasteiger partial charge in [-0.3, -0.25) is 0 Å². The van der Waals surface area contributed by atoms with Crippen LogP contribution in [0, 0.1) is 11.8 Å². The van der Waals surface area contributed by atoms with Crippen molar-refractivity contribution < 1.29 is 9.84 Å². The molecule has 3 aliphatic carbocycles. The van der Waals surface area contributed by atoms with Crippen molar-refractivity contribution in [3.63, 3.8) is 0 Å². The monoisotopic (exact) mass is 466 g/mol. The van der Waals surface area contributed by atoms with Crippen LogP contribution in [-0.2, 0) is 30.1 Å². The first-order valence-electron chi connectivity index (χ1n) is 13.5. The fourth-order valence-corrected chi connectivity index (χ4v) is 7.26. The van der Waals surface area contributed by atoms with E-state index in [0.717, 1.165) is 43.8 Å². The van der Waals surface area contributed by atoms with Crippen LogP contribution < -0.4 is 4.74 Å². The summed E-state index contributed by atoms with van der Waals surface area (Å²) in [6, 6.07) is 26.8. The predicted octanol–water partition coefficient (Wildman–Crippen LogP) is 6.80. The maximum absolute atomic E-state index is 11.8. The number of benzene rings is 3. The van der Waals surface area contributed by atoms with E-state index in [9.17, 15) is 5.11 Å². The van der Waals surface area contributed by atoms with Crippen molar-refractivity contribution in [2.24, 2.45) is 11.8 Å². The van der Waals surface area contributed by atoms with Gasteiger partial charge in [-0.25, -0.2) is 0 Å². The van der Waals surface area contributed by atoms with Crippen molar-refractivity contribution in [2.75, 3.05) is 7.11 Å². The van der Waals surface area contributed by atoms with Crippen molar-refractivity contribution in [1.29, 1.82) is 0 Å². The molecule has 0 radical (unpaired) electrons. The van der Waals surface area contributed by atoms with E-state index < -0.39 is 0 Å². The number of methoxy groups -OCH3 is 1. The highest BCUT2D eigenvalue weighted by Gasteiger charge is 2.55. The van der Waals surface area contributed by atoms with Crippen LogP contribution in [0.1, 0.15) is 66.8 Å². The molecule has 1 N–H and O–H groups in total. The van der Waals surface area contributed by atoms with Gasteiger partial charge in [0.05, 0.1) is 13.2 Å². The average Bonchev–Trinajstić information content (AvgIpc) is 3.70. The van der Waals surface area contributed by atoms with Gasteiger partial charge in [0.15, 0.2) is 0 Å². The minimum atomic E-state index is -0.386. The lowest BCUT2D eigenvalue weighted by atomic mass is 9.49. The number of aliphatic hydroxyl groups excluding tert-OH is 1. The fraction of sp³-hybridized carbons (Fsp3) is 0.455. The van der Waals surface area contributed by atoms with Gasteiger partial charge in [-0.05, 0) is 103 Å². The van der Waals surface area contributed by atoms with Crippen LogP contribution in [0.4, 0.5) is 0 Å². The lowest BCUT2D eigenvalue weighted by molar-refractivity contribution is -0.0238. The SMILES string of the molecule is COc1ccc2c(c1)CCC1CC(C)(c3ccccc3)C(O)CC21Cc1ccc(CC2CC2)cc1. The molecule has 0 aliphatic heterocycles. The maximum atomic E-state index is 11.8. The Morgan fingerprint density at radius 1 is 0.886 bits per heavy atom. The van der Waals surface area contributed by atoms with Crippen LogP contribution in [0.5, 0.6) is 5.75 Å². The van der Waals surface area contributed by atoms with E-state index in [-0.39, 0.29) is 16.9 Å². The summed E-state index contributed by atoms with van der Waals surface area (Å²) in [7, 11) is 1.75. The van der Waals surface area contributed by atoms with Gasteiger partial charge in [-0.2, -0.15) is 0 Å². The smallest absolute Gasteiger partial charge is 0.119 e. The van der Waals surface area contributed by atoms with Gasteiger partial charge in [0.25, 0.3) is 0 Å². The Balaban J connectivity index is 1.39. The zero-order valence-corrected chi connectivity index (χ0v) is 21.2. The second-order valence-electron chi connectivity index (χ2n) is 11.8. The second kappa shape index (κ2) is 8.82. The molecule has 3 aliphatic rings. The summed E-state index contributed by atoms with van der Waals surface area (Å²) < 4.78 is 5.58. The Morgan fingerprint density at radius 2 is 1.63 bits per heavy atom. The van der Waals surface area contributed by atoms with Gasteiger partial charge in [0.2, 0.25) is 0 Å². The number of hydrogen-bond acceptors (Lipinski definition) is 2. The number of aryl methyl sites for hydroxylation is 1. The molecule has 0 heterocycles. The summed E-state index contributed by atoms with van der Waals surface area (Å²) in [5.41, 5.74) is 6.71. The standard InChI is InChI=1S/C33H38O2/c1-32(27-6-4-3-5-7-27)21-28-15-14-26-19-29(35-2)16-17-30(26)33(28,22-31(32)34)20-25-12-10-24(11-13-25)18-23-8-9-23/h3-7,10-13,16-17,19,23,28,31,34H,8-9,14-15,18,20-22H2,1-2H3. The Bertz CT molecular complexity index is 1180. The van der Waals surface area contributed by atoms with Crippen molar-refractivity contribution in [1.82, 2.24) is 0 Å². The van der Waals surface area contributed by atoms with Crippen LogP contribution in [-0.4, -0.2) is 18.3 Å². The van der Waals surface area contributed by atoms with Gasteiger partial charge in [0.1, 0.15) is 5.75 Å². The van der Waals surface area contributed by atoms with Crippen molar-refractivity contribution in [3.8, 4) is 5.75 Å². The third kappa shape index (κ3) is 4.10. The third-order valence-corrected chi connectivity index (χ3v) is 9.55. The van der Waals surface area contributed by atoms with E-state index in [4.69, 9.17) is 4.74 Å². The molecule has 0 bridgehead atoms. The molecule has 0 spiro atoms. The normalized spacial score (nSPS) is 29.8. The molecule has 3 aromatic carbocycles. The van der Waals surface area contributed by atoms with E-state index in [0.29, 0.717) is 5.92 Å². The van der Waals surface area contributed by atoms with Crippen LogP contribution in [0.3, 0.4) is 0 Å². The minimum Gasteiger partial charge on any atom is -0.497 e. The molecule has 0 amide bonds. The van der Waals surface area contributed by atoms with Crippen LogP contribution in [0.15, 0.2) is 72.8 Å². The van der Waals surface area contributed by atoms with Gasteiger partial charge in [0, 0.05) is 10.8 Å². The highest BCUT2D eigenvalue weighted by molar-refractivity contribution is 5.46. The molecule has 2 saturated carbocycles. The molecule has 0 aromatic heterocycles. The Kier molecular flexibility index (Phi) is 5.76. The number of aliphatic hydroxyl groups is 1. The molecule has 2 fully saturated rings. The highest BCUT2D eigenvalue weighted by atomic mass is 16.5. The number of hydrogen-bond donors (Lipinski definition) is 1. The van der Waals surface area contributed by atoms with Crippen LogP contribution >= 0.6 is 0 Å². The molecule has 2 heteroatoms. The average molecular weight is 467 g/mol. The molecule has 4 atom stereocenters. The van der Waals surface area contributed by atoms with Gasteiger partial charge >= 0.3 is 0 Å². The van der Waals surface area contributed by atoms with Crippen LogP contribution in [0.25, 0.3) is 0 Å². The first-order valence-corrected chi connectivity index (χ1v) is 13.5. The lowest BCUT2D eigenvalue weighted by Gasteiger charge is -2.56. The summed E-state index contributed by atoms with van der Waals surface area (Å²) in [6.45, 7) is 2.28. The summed E-state index contributed by atoms with van der Waals surface area (Å²) in [4.78, 5) is 0. The number of ether oxygens (including phenoxy) is 1. The predicted molar refractivity (Wildman–Crippen MR) is 142 cm³/mol. The first-order chi connectivity index (χ1) is 17.0. The Hall–Kier alpha value is -2.58. The quantitative estimate of drug-likeness (QED) is 0.433. The van der Waals surface area contributed by atoms with Crippen LogP contribution in [0.2, 0.25) is 0 Å². The molecule has 4 unspecified atom stereocenters. The van der Waals surface area contributed by atoms with Crippen molar-refractivity contribution >= 4 is 0 Å². The molecule has 2 nitrogen and oxygen atoms in total. The Morgan fingerprint density at radius 3 is 2.34 bits per heavy atom. The van der Waals surface area contributed by atoms with Gasteiger partial charge < -0.3 is 9.84 Å². The van der Waals surface area contributed by atoms with Gasteiger partial charge in [-0.1, -0.05) is 67.6 Å². The number of fused-ring (bicyclic) bond motifs is 3. The molecule has 3 aromatic rings. The minimum absolute atomic E-state index is 0.0500. The summed E-state index contributed by atoms with van der Waals surface area (Å²) in [5, 5.41) is 11.8. The molecule has 182 valence electrons. The van der Waals surface area contributed by atoms with E-state index in [1.165, 1.54) is 47.1 Å². The van der Waals surface area contributed by atoms with E-state index >= 15 is 0 Å². The van der Waals surface area contributed by atoms with Crippen molar-refractivity contribution in [3.05, 3.63) is 101 Å². The summed E-state index contributed by atoms with van der Waals surface area (Å²) >= 11 is 0. The molecule has 0 saturated heterocycles. The molecule has 35 heavy (non-hydrogen) atoms. The van der Waals surface area contributed by atoms with Crippen molar-refractivity contribution in [2.45, 2.75) is 75.2 Å². The topological polar surface area (TPSA) is 29.5 Å². The molecular weight excluding hydrogens is 428 g/mol. The Labute approximate surface area is 210 Å². The second-order valence-corrected chi connectivity index (χ2v) is 11.8. The first kappa shape index (κ1) is 22.9. The zero-order chi connectivity index (χ0) is 24.0. The number of rotatable bonds is 6. The zero-order valence-electron chi connectivity index (χ0n) is 21.2. The van der Waals surface area contributed by atoms with E-state index in [1.807, 2.05) is 0 Å². The maximum Gasteiger partial charge on any atom is 0.119 e. The summed E-state index contributed by atoms with van der Waals surface area (Å²) in [6.07, 6.45) is 8.68. The lowest BCUT2D eigenvalue weighted by Crippen LogP contribution is -2.55. The summed E-state index contributed by atoms with van der Waals surface area (Å²) in [5.74, 6) is 2.38. The van der Waals surface area contributed by atoms with Gasteiger partial charge in [-0.15, -0.1) is 0 Å². The largest absolute Gasteiger partial charge is 0.497 e. The molecular formula is C33H38O2. The van der Waals surface area contributed by atoms with E-state index in [2.05, 4.69) is 79.7 Å². The fourth-order valence-electron chi connectivity index (χ4n) is 7.26. The highest BCUT2D eigenvalue weighted by Crippen LogP contribution is 2.57. The molecule has 6 rings (SSSR count). The van der Waals surface area contributed by atoms with E-state index in [1.54, 1.807) is 7.11 Å². The third-order valence-electron chi connectivity index (χ3n) is 9.55.